The molecule has 0 saturated heterocycles. The van der Waals surface area contributed by atoms with Gasteiger partial charge >= 0.3 is 0 Å². The average Bonchev–Trinajstić information content (AvgIpc) is 3.23. The van der Waals surface area contributed by atoms with E-state index in [-0.39, 0.29) is 0 Å². The Morgan fingerprint density at radius 2 is 0.846 bits per heavy atom. The van der Waals surface area contributed by atoms with Gasteiger partial charge in [0.25, 0.3) is 0 Å². The molecule has 0 fully saturated rings. The quantitative estimate of drug-likeness (QED) is 0.171. The molecule has 1 nitrogen and oxygen atoms in total. The summed E-state index contributed by atoms with van der Waals surface area (Å²) in [5, 5.41) is 5.03. The highest BCUT2D eigenvalue weighted by molar-refractivity contribution is 6.05. The van der Waals surface area contributed by atoms with E-state index in [0.29, 0.717) is 0 Å². The van der Waals surface area contributed by atoms with Crippen molar-refractivity contribution in [3.05, 3.63) is 235 Å². The van der Waals surface area contributed by atoms with Crippen molar-refractivity contribution in [1.82, 2.24) is 0 Å². The summed E-state index contributed by atoms with van der Waals surface area (Å²) in [6.07, 6.45) is 0. The van der Waals surface area contributed by atoms with Crippen LogP contribution in [0.4, 0.5) is 17.1 Å². The highest BCUT2D eigenvalue weighted by atomic mass is 15.1. The van der Waals surface area contributed by atoms with Gasteiger partial charge in [0.2, 0.25) is 0 Å². The number of hydrogen-bond donors (Lipinski definition) is 0. The molecule has 10 rings (SSSR count). The van der Waals surface area contributed by atoms with Gasteiger partial charge in [-0.15, -0.1) is 0 Å². The molecule has 0 spiro atoms. The summed E-state index contributed by atoms with van der Waals surface area (Å²) >= 11 is 0. The average molecular weight is 662 g/mol. The minimum Gasteiger partial charge on any atom is -0.310 e. The summed E-state index contributed by atoms with van der Waals surface area (Å²) in [6.45, 7) is 0. The Kier molecular flexibility index (Phi) is 7.11. The van der Waals surface area contributed by atoms with E-state index in [1.807, 2.05) is 0 Å². The fourth-order valence-electron chi connectivity index (χ4n) is 8.67. The molecular weight excluding hydrogens is 627 g/mol. The second-order valence-corrected chi connectivity index (χ2v) is 13.7. The van der Waals surface area contributed by atoms with Gasteiger partial charge in [0.1, 0.15) is 0 Å². The molecule has 1 atom stereocenters. The van der Waals surface area contributed by atoms with E-state index in [4.69, 9.17) is 0 Å². The van der Waals surface area contributed by atoms with Gasteiger partial charge in [0.15, 0.2) is 0 Å². The van der Waals surface area contributed by atoms with E-state index >= 15 is 0 Å². The number of fused-ring (bicyclic) bond motifs is 3. The summed E-state index contributed by atoms with van der Waals surface area (Å²) in [6, 6.07) is 77.8. The maximum atomic E-state index is 2.40. The first kappa shape index (κ1) is 30.2. The molecule has 1 heteroatoms. The molecule has 0 bridgehead atoms. The van der Waals surface area contributed by atoms with Crippen molar-refractivity contribution in [1.29, 1.82) is 0 Å². The Morgan fingerprint density at radius 1 is 0.327 bits per heavy atom. The lowest BCUT2D eigenvalue weighted by Gasteiger charge is -2.42. The molecule has 52 heavy (non-hydrogen) atoms. The van der Waals surface area contributed by atoms with Crippen molar-refractivity contribution >= 4 is 38.6 Å². The van der Waals surface area contributed by atoms with E-state index in [2.05, 4.69) is 217 Å². The zero-order chi connectivity index (χ0) is 34.5. The molecule has 9 aromatic rings. The second kappa shape index (κ2) is 12.3. The molecule has 0 heterocycles. The maximum absolute atomic E-state index is 2.40. The van der Waals surface area contributed by atoms with Gasteiger partial charge in [-0.3, -0.25) is 0 Å². The van der Waals surface area contributed by atoms with E-state index < -0.39 is 5.41 Å². The van der Waals surface area contributed by atoms with Crippen LogP contribution in [0.1, 0.15) is 22.3 Å². The molecule has 9 aromatic carbocycles. The first-order chi connectivity index (χ1) is 25.8. The van der Waals surface area contributed by atoms with Gasteiger partial charge < -0.3 is 4.90 Å². The van der Waals surface area contributed by atoms with Crippen molar-refractivity contribution in [2.45, 2.75) is 5.41 Å². The van der Waals surface area contributed by atoms with Gasteiger partial charge in [-0.05, 0) is 91.0 Å². The predicted molar refractivity (Wildman–Crippen MR) is 219 cm³/mol. The number of hydrogen-bond acceptors (Lipinski definition) is 1. The summed E-state index contributed by atoms with van der Waals surface area (Å²) in [7, 11) is 0. The highest BCUT2D eigenvalue weighted by Gasteiger charge is 2.44. The van der Waals surface area contributed by atoms with Crippen LogP contribution in [0.5, 0.6) is 0 Å². The minimum absolute atomic E-state index is 0.508. The van der Waals surface area contributed by atoms with E-state index in [9.17, 15) is 0 Å². The summed E-state index contributed by atoms with van der Waals surface area (Å²) < 4.78 is 0. The molecule has 1 aliphatic carbocycles. The summed E-state index contributed by atoms with van der Waals surface area (Å²) in [5.74, 6) is 0. The normalized spacial score (nSPS) is 14.6. The van der Waals surface area contributed by atoms with Gasteiger partial charge in [-0.25, -0.2) is 0 Å². The lowest BCUT2D eigenvalue weighted by atomic mass is 9.59. The Bertz CT molecular complexity index is 2700. The van der Waals surface area contributed by atoms with Crippen LogP contribution in [-0.4, -0.2) is 0 Å². The highest BCUT2D eigenvalue weighted by Crippen LogP contribution is 2.55. The lowest BCUT2D eigenvalue weighted by Crippen LogP contribution is -2.33. The minimum atomic E-state index is -0.508. The van der Waals surface area contributed by atoms with Crippen LogP contribution in [0.15, 0.2) is 212 Å². The summed E-state index contributed by atoms with van der Waals surface area (Å²) in [4.78, 5) is 2.40. The Balaban J connectivity index is 1.20. The molecule has 0 aliphatic heterocycles. The van der Waals surface area contributed by atoms with Gasteiger partial charge in [0, 0.05) is 16.8 Å². The topological polar surface area (TPSA) is 3.24 Å². The maximum Gasteiger partial charge on any atom is 0.0713 e. The lowest BCUT2D eigenvalue weighted by molar-refractivity contribution is 0.750. The van der Waals surface area contributed by atoms with Gasteiger partial charge in [-0.2, -0.15) is 0 Å². The van der Waals surface area contributed by atoms with Crippen LogP contribution in [0.25, 0.3) is 43.8 Å². The predicted octanol–water partition coefficient (Wildman–Crippen LogP) is 13.5. The SMILES string of the molecule is c1ccc(-c2ccc(N(c3ccc(C4(c5ccccc5)c5ccccc5-c5cccc6cccc4c56)cc3)c3cccc4ccccc34)cc2)cc1. The number of nitrogens with zero attached hydrogens (tertiary/aromatic N) is 1. The van der Waals surface area contributed by atoms with Crippen LogP contribution >= 0.6 is 0 Å². The standard InChI is InChI=1S/C51H35N/c1-3-14-36(15-4-1)37-28-32-42(33-29-37)52(49-27-13-17-38-16-7-8-22-44(38)49)43-34-30-41(31-35-43)51(40-20-5-2-6-21-40)47-25-10-9-23-45(47)46-24-11-18-39-19-12-26-48(51)50(39)46/h1-35H. The molecule has 0 radical (unpaired) electrons. The third-order valence-corrected chi connectivity index (χ3v) is 10.9. The fraction of sp³-hybridized carbons (Fsp3) is 0.0196. The van der Waals surface area contributed by atoms with Gasteiger partial charge in [-0.1, -0.05) is 182 Å². The third-order valence-electron chi connectivity index (χ3n) is 10.9. The molecule has 0 aromatic heterocycles. The molecule has 244 valence electrons. The zero-order valence-electron chi connectivity index (χ0n) is 28.7. The first-order valence-corrected chi connectivity index (χ1v) is 18.0. The number of rotatable bonds is 6. The summed E-state index contributed by atoms with van der Waals surface area (Å²) in [5.41, 5.74) is 13.0. The Hall–Kier alpha value is -6.70. The van der Waals surface area contributed by atoms with Crippen molar-refractivity contribution in [2.75, 3.05) is 4.90 Å². The monoisotopic (exact) mass is 661 g/mol. The van der Waals surface area contributed by atoms with Crippen LogP contribution in [0.3, 0.4) is 0 Å². The molecule has 0 amide bonds. The molecule has 0 N–H and O–H groups in total. The van der Waals surface area contributed by atoms with E-state index in [1.54, 1.807) is 0 Å². The van der Waals surface area contributed by atoms with Crippen LogP contribution < -0.4 is 4.90 Å². The van der Waals surface area contributed by atoms with Crippen molar-refractivity contribution in [3.63, 3.8) is 0 Å². The number of anilines is 3. The van der Waals surface area contributed by atoms with Crippen LogP contribution in [0, 0.1) is 0 Å². The molecule has 0 saturated carbocycles. The number of benzene rings is 9. The molecule has 1 unspecified atom stereocenters. The third kappa shape index (κ3) is 4.63. The second-order valence-electron chi connectivity index (χ2n) is 13.7. The van der Waals surface area contributed by atoms with Crippen molar-refractivity contribution in [2.24, 2.45) is 0 Å². The molecule has 1 aliphatic rings. The Morgan fingerprint density at radius 3 is 1.63 bits per heavy atom. The largest absolute Gasteiger partial charge is 0.310 e. The zero-order valence-corrected chi connectivity index (χ0v) is 28.7. The van der Waals surface area contributed by atoms with Crippen LogP contribution in [0.2, 0.25) is 0 Å². The van der Waals surface area contributed by atoms with Crippen molar-refractivity contribution in [3.8, 4) is 22.3 Å². The fourth-order valence-corrected chi connectivity index (χ4v) is 8.67. The van der Waals surface area contributed by atoms with Crippen molar-refractivity contribution < 1.29 is 0 Å². The Labute approximate surface area is 304 Å². The molecular formula is C51H35N. The van der Waals surface area contributed by atoms with Crippen LogP contribution in [-0.2, 0) is 5.41 Å². The van der Waals surface area contributed by atoms with E-state index in [0.717, 1.165) is 17.1 Å². The van der Waals surface area contributed by atoms with Gasteiger partial charge in [0.05, 0.1) is 11.1 Å². The van der Waals surface area contributed by atoms with E-state index in [1.165, 1.54) is 66.1 Å². The first-order valence-electron chi connectivity index (χ1n) is 18.0. The smallest absolute Gasteiger partial charge is 0.0713 e.